The van der Waals surface area contributed by atoms with Crippen molar-refractivity contribution in [3.8, 4) is 0 Å². The van der Waals surface area contributed by atoms with E-state index in [-0.39, 0.29) is 0 Å². The van der Waals surface area contributed by atoms with Crippen molar-refractivity contribution in [3.63, 3.8) is 0 Å². The molecule has 90 valence electrons. The third-order valence-electron chi connectivity index (χ3n) is 3.37. The van der Waals surface area contributed by atoms with Crippen molar-refractivity contribution < 1.29 is 0 Å². The first-order valence-electron chi connectivity index (χ1n) is 6.39. The first-order valence-corrected chi connectivity index (χ1v) is 6.39. The van der Waals surface area contributed by atoms with Gasteiger partial charge in [0.05, 0.1) is 0 Å². The Labute approximate surface area is 107 Å². The van der Waals surface area contributed by atoms with Gasteiger partial charge in [-0.15, -0.1) is 0 Å². The van der Waals surface area contributed by atoms with Crippen LogP contribution in [0.3, 0.4) is 0 Å². The minimum atomic E-state index is 0.371. The van der Waals surface area contributed by atoms with Gasteiger partial charge in [0.15, 0.2) is 0 Å². The summed E-state index contributed by atoms with van der Waals surface area (Å²) in [6.07, 6.45) is 2.27. The van der Waals surface area contributed by atoms with E-state index in [9.17, 15) is 0 Å². The van der Waals surface area contributed by atoms with Crippen LogP contribution in [0.4, 0.5) is 0 Å². The fourth-order valence-corrected chi connectivity index (χ4v) is 2.45. The lowest BCUT2D eigenvalue weighted by Gasteiger charge is -2.20. The van der Waals surface area contributed by atoms with Crippen LogP contribution in [0.1, 0.15) is 18.1 Å². The fourth-order valence-electron chi connectivity index (χ4n) is 2.45. The molecule has 0 amide bonds. The van der Waals surface area contributed by atoms with Gasteiger partial charge in [-0.1, -0.05) is 60.2 Å². The summed E-state index contributed by atoms with van der Waals surface area (Å²) in [6, 6.07) is 17.6. The van der Waals surface area contributed by atoms with E-state index in [0.29, 0.717) is 6.04 Å². The normalized spacial score (nSPS) is 17.7. The summed E-state index contributed by atoms with van der Waals surface area (Å²) in [5.74, 6) is 0. The Hall–Kier alpha value is -2.02. The second-order valence-electron chi connectivity index (χ2n) is 4.93. The predicted molar refractivity (Wildman–Crippen MR) is 76.4 cm³/mol. The Balaban J connectivity index is 2.28. The number of fused-ring (bicyclic) bond motifs is 1. The molecule has 1 nitrogen and oxygen atoms in total. The lowest BCUT2D eigenvalue weighted by atomic mass is 10.0. The zero-order chi connectivity index (χ0) is 12.5. The fraction of sp³-hybridized carbons (Fsp3) is 0.176. The second kappa shape index (κ2) is 4.34. The minimum Gasteiger partial charge on any atom is -0.378 e. The van der Waals surface area contributed by atoms with Crippen molar-refractivity contribution in [1.29, 1.82) is 0 Å². The lowest BCUT2D eigenvalue weighted by Crippen LogP contribution is -2.41. The minimum absolute atomic E-state index is 0.371. The molecule has 2 aromatic rings. The number of rotatable bonds is 1. The highest BCUT2D eigenvalue weighted by Crippen LogP contribution is 2.12. The van der Waals surface area contributed by atoms with Gasteiger partial charge in [0, 0.05) is 17.0 Å². The van der Waals surface area contributed by atoms with Crippen molar-refractivity contribution in [1.82, 2.24) is 5.32 Å². The molecule has 0 saturated heterocycles. The topological polar surface area (TPSA) is 12.0 Å². The van der Waals surface area contributed by atoms with Gasteiger partial charge in [0.1, 0.15) is 0 Å². The number of hydrogen-bond donors (Lipinski definition) is 1. The van der Waals surface area contributed by atoms with Gasteiger partial charge in [-0.25, -0.2) is 0 Å². The first kappa shape index (κ1) is 11.1. The molecule has 1 heteroatoms. The van der Waals surface area contributed by atoms with Gasteiger partial charge in [-0.05, 0) is 24.6 Å². The number of aryl methyl sites for hydroxylation is 1. The maximum atomic E-state index is 3.57. The van der Waals surface area contributed by atoms with Crippen molar-refractivity contribution in [3.05, 3.63) is 70.1 Å². The van der Waals surface area contributed by atoms with Crippen molar-refractivity contribution in [2.45, 2.75) is 19.9 Å². The molecule has 1 atom stereocenters. The Morgan fingerprint density at radius 1 is 0.944 bits per heavy atom. The highest BCUT2D eigenvalue weighted by Gasteiger charge is 2.10. The molecule has 0 bridgehead atoms. The van der Waals surface area contributed by atoms with Gasteiger partial charge in [0.25, 0.3) is 0 Å². The summed E-state index contributed by atoms with van der Waals surface area (Å²) in [7, 11) is 0. The maximum absolute atomic E-state index is 3.57. The molecule has 0 spiro atoms. The molecule has 0 fully saturated rings. The quantitative estimate of drug-likeness (QED) is 0.796. The van der Waals surface area contributed by atoms with Crippen LogP contribution < -0.4 is 15.8 Å². The van der Waals surface area contributed by atoms with Crippen LogP contribution in [-0.4, -0.2) is 6.04 Å². The van der Waals surface area contributed by atoms with Crippen LogP contribution in [0.15, 0.2) is 48.5 Å². The van der Waals surface area contributed by atoms with E-state index in [1.807, 2.05) is 0 Å². The number of hydrogen-bond acceptors (Lipinski definition) is 1. The van der Waals surface area contributed by atoms with E-state index < -0.39 is 0 Å². The molecule has 1 unspecified atom stereocenters. The molecular weight excluding hydrogens is 218 g/mol. The molecule has 2 aromatic carbocycles. The standard InChI is InChI=1S/C17H17N/c1-12-7-9-14(10-8-12)17-16-6-4-3-5-15(16)11-13(2)18-17/h3-11,13,18H,1-2H3. The molecule has 3 rings (SSSR count). The molecular formula is C17H17N. The second-order valence-corrected chi connectivity index (χ2v) is 4.93. The van der Waals surface area contributed by atoms with Gasteiger partial charge < -0.3 is 5.32 Å². The SMILES string of the molecule is Cc1ccc(C2=c3ccccc3=CC(C)N2)cc1. The summed E-state index contributed by atoms with van der Waals surface area (Å²) >= 11 is 0. The lowest BCUT2D eigenvalue weighted by molar-refractivity contribution is 0.805. The van der Waals surface area contributed by atoms with E-state index in [1.165, 1.54) is 27.3 Å². The summed E-state index contributed by atoms with van der Waals surface area (Å²) in [5, 5.41) is 6.18. The van der Waals surface area contributed by atoms with Crippen molar-refractivity contribution >= 4 is 11.8 Å². The smallest absolute Gasteiger partial charge is 0.0497 e. The summed E-state index contributed by atoms with van der Waals surface area (Å²) < 4.78 is 0. The monoisotopic (exact) mass is 235 g/mol. The van der Waals surface area contributed by atoms with Gasteiger partial charge in [0.2, 0.25) is 0 Å². The maximum Gasteiger partial charge on any atom is 0.0497 e. The summed E-state index contributed by atoms with van der Waals surface area (Å²) in [6.45, 7) is 4.30. The average molecular weight is 235 g/mol. The van der Waals surface area contributed by atoms with E-state index in [2.05, 4.69) is 73.8 Å². The highest BCUT2D eigenvalue weighted by molar-refractivity contribution is 5.67. The third kappa shape index (κ3) is 1.92. The van der Waals surface area contributed by atoms with Crippen LogP contribution in [0.25, 0.3) is 11.8 Å². The van der Waals surface area contributed by atoms with Gasteiger partial charge in [-0.2, -0.15) is 0 Å². The Bertz CT molecular complexity index is 680. The highest BCUT2D eigenvalue weighted by atomic mass is 14.9. The summed E-state index contributed by atoms with van der Waals surface area (Å²) in [4.78, 5) is 0. The molecule has 0 aliphatic carbocycles. The zero-order valence-corrected chi connectivity index (χ0v) is 10.8. The molecule has 0 radical (unpaired) electrons. The van der Waals surface area contributed by atoms with Gasteiger partial charge >= 0.3 is 0 Å². The average Bonchev–Trinajstić information content (AvgIpc) is 2.38. The zero-order valence-electron chi connectivity index (χ0n) is 10.8. The van der Waals surface area contributed by atoms with Gasteiger partial charge in [-0.3, -0.25) is 0 Å². The van der Waals surface area contributed by atoms with Crippen LogP contribution in [-0.2, 0) is 0 Å². The first-order chi connectivity index (χ1) is 8.74. The molecule has 0 saturated carbocycles. The van der Waals surface area contributed by atoms with E-state index in [0.717, 1.165) is 0 Å². The van der Waals surface area contributed by atoms with Crippen LogP contribution >= 0.6 is 0 Å². The Kier molecular flexibility index (Phi) is 2.67. The Morgan fingerprint density at radius 2 is 1.67 bits per heavy atom. The molecule has 1 aliphatic heterocycles. The Morgan fingerprint density at radius 3 is 2.44 bits per heavy atom. The van der Waals surface area contributed by atoms with Crippen molar-refractivity contribution in [2.24, 2.45) is 0 Å². The summed E-state index contributed by atoms with van der Waals surface area (Å²) in [5.41, 5.74) is 3.79. The van der Waals surface area contributed by atoms with Crippen LogP contribution in [0.5, 0.6) is 0 Å². The van der Waals surface area contributed by atoms with Crippen molar-refractivity contribution in [2.75, 3.05) is 0 Å². The third-order valence-corrected chi connectivity index (χ3v) is 3.37. The number of benzene rings is 2. The molecule has 1 N–H and O–H groups in total. The van der Waals surface area contributed by atoms with Crippen LogP contribution in [0.2, 0.25) is 0 Å². The van der Waals surface area contributed by atoms with Crippen LogP contribution in [0, 0.1) is 6.92 Å². The molecule has 1 aliphatic rings. The molecule has 0 aromatic heterocycles. The predicted octanol–water partition coefficient (Wildman–Crippen LogP) is 1.92. The van der Waals surface area contributed by atoms with E-state index in [1.54, 1.807) is 0 Å². The molecule has 18 heavy (non-hydrogen) atoms. The molecule has 1 heterocycles. The number of nitrogens with one attached hydrogen (secondary N) is 1. The largest absolute Gasteiger partial charge is 0.378 e. The van der Waals surface area contributed by atoms with E-state index in [4.69, 9.17) is 0 Å². The van der Waals surface area contributed by atoms with E-state index >= 15 is 0 Å².